The molecular formula is C17H24FN. The Balaban J connectivity index is 1.45. The molecule has 0 atom stereocenters. The summed E-state index contributed by atoms with van der Waals surface area (Å²) in [6.45, 7) is 2.36. The average molecular weight is 261 g/mol. The van der Waals surface area contributed by atoms with Crippen LogP contribution < -0.4 is 5.32 Å². The molecule has 2 aliphatic carbocycles. The van der Waals surface area contributed by atoms with Crippen molar-refractivity contribution in [2.45, 2.75) is 63.5 Å². The monoisotopic (exact) mass is 261 g/mol. The molecule has 0 unspecified atom stereocenters. The minimum Gasteiger partial charge on any atom is -0.311 e. The number of halogens is 1. The van der Waals surface area contributed by atoms with E-state index in [4.69, 9.17) is 0 Å². The van der Waals surface area contributed by atoms with Gasteiger partial charge in [0.05, 0.1) is 0 Å². The zero-order valence-electron chi connectivity index (χ0n) is 11.7. The summed E-state index contributed by atoms with van der Waals surface area (Å²) < 4.78 is 13.2. The standard InChI is InChI=1S/C17H24FN/c1-12-5-7-16(8-6-12)19-17-10-14(11-17)13-3-2-4-15(18)9-13/h2-4,9,12,14,16-17,19H,5-8,10-11H2,1H3. The van der Waals surface area contributed by atoms with E-state index in [1.807, 2.05) is 6.07 Å². The molecule has 19 heavy (non-hydrogen) atoms. The quantitative estimate of drug-likeness (QED) is 0.858. The molecule has 2 heteroatoms. The normalized spacial score (nSPS) is 34.8. The predicted molar refractivity (Wildman–Crippen MR) is 76.7 cm³/mol. The third-order valence-corrected chi connectivity index (χ3v) is 4.95. The van der Waals surface area contributed by atoms with Gasteiger partial charge in [-0.05, 0) is 68.1 Å². The Hall–Kier alpha value is -0.890. The molecule has 0 aromatic heterocycles. The van der Waals surface area contributed by atoms with E-state index < -0.39 is 0 Å². The van der Waals surface area contributed by atoms with E-state index in [9.17, 15) is 4.39 Å². The van der Waals surface area contributed by atoms with Crippen LogP contribution in [0.5, 0.6) is 0 Å². The van der Waals surface area contributed by atoms with Gasteiger partial charge in [0.1, 0.15) is 5.82 Å². The topological polar surface area (TPSA) is 12.0 Å². The van der Waals surface area contributed by atoms with Crippen LogP contribution in [0.1, 0.15) is 56.9 Å². The lowest BCUT2D eigenvalue weighted by atomic mass is 9.75. The molecule has 0 aliphatic heterocycles. The Bertz CT molecular complexity index is 417. The highest BCUT2D eigenvalue weighted by atomic mass is 19.1. The highest BCUT2D eigenvalue weighted by Crippen LogP contribution is 2.38. The Morgan fingerprint density at radius 3 is 2.47 bits per heavy atom. The maximum Gasteiger partial charge on any atom is 0.123 e. The van der Waals surface area contributed by atoms with Gasteiger partial charge in [-0.25, -0.2) is 4.39 Å². The van der Waals surface area contributed by atoms with Crippen LogP contribution in [0.15, 0.2) is 24.3 Å². The largest absolute Gasteiger partial charge is 0.311 e. The summed E-state index contributed by atoms with van der Waals surface area (Å²) in [4.78, 5) is 0. The molecule has 2 aliphatic rings. The van der Waals surface area contributed by atoms with Gasteiger partial charge in [0.25, 0.3) is 0 Å². The van der Waals surface area contributed by atoms with Crippen LogP contribution in [0.4, 0.5) is 4.39 Å². The first-order valence-corrected chi connectivity index (χ1v) is 7.72. The molecule has 0 amide bonds. The molecule has 0 spiro atoms. The van der Waals surface area contributed by atoms with Crippen LogP contribution in [-0.2, 0) is 0 Å². The summed E-state index contributed by atoms with van der Waals surface area (Å²) in [5, 5.41) is 3.80. The lowest BCUT2D eigenvalue weighted by Gasteiger charge is -2.40. The number of benzene rings is 1. The molecule has 0 saturated heterocycles. The Morgan fingerprint density at radius 2 is 1.79 bits per heavy atom. The second-order valence-electron chi connectivity index (χ2n) is 6.54. The fourth-order valence-electron chi connectivity index (χ4n) is 3.55. The van der Waals surface area contributed by atoms with Gasteiger partial charge in [0.2, 0.25) is 0 Å². The Labute approximate surface area is 115 Å². The third-order valence-electron chi connectivity index (χ3n) is 4.95. The van der Waals surface area contributed by atoms with Crippen molar-refractivity contribution in [2.75, 3.05) is 0 Å². The van der Waals surface area contributed by atoms with Gasteiger partial charge in [0, 0.05) is 12.1 Å². The smallest absolute Gasteiger partial charge is 0.123 e. The van der Waals surface area contributed by atoms with Crippen molar-refractivity contribution in [3.8, 4) is 0 Å². The zero-order chi connectivity index (χ0) is 13.2. The van der Waals surface area contributed by atoms with Crippen molar-refractivity contribution < 1.29 is 4.39 Å². The van der Waals surface area contributed by atoms with Crippen molar-refractivity contribution in [2.24, 2.45) is 5.92 Å². The molecule has 0 bridgehead atoms. The van der Waals surface area contributed by atoms with Gasteiger partial charge < -0.3 is 5.32 Å². The summed E-state index contributed by atoms with van der Waals surface area (Å²) >= 11 is 0. The van der Waals surface area contributed by atoms with Crippen molar-refractivity contribution in [3.05, 3.63) is 35.6 Å². The molecule has 1 N–H and O–H groups in total. The van der Waals surface area contributed by atoms with Crippen molar-refractivity contribution in [3.63, 3.8) is 0 Å². The van der Waals surface area contributed by atoms with E-state index in [1.54, 1.807) is 6.07 Å². The van der Waals surface area contributed by atoms with Crippen LogP contribution in [0.3, 0.4) is 0 Å². The Morgan fingerprint density at radius 1 is 1.05 bits per heavy atom. The summed E-state index contributed by atoms with van der Waals surface area (Å²) in [7, 11) is 0. The van der Waals surface area contributed by atoms with Gasteiger partial charge >= 0.3 is 0 Å². The van der Waals surface area contributed by atoms with Crippen LogP contribution in [0.25, 0.3) is 0 Å². The van der Waals surface area contributed by atoms with E-state index in [2.05, 4.69) is 18.3 Å². The third kappa shape index (κ3) is 3.17. The fraction of sp³-hybridized carbons (Fsp3) is 0.647. The first-order valence-electron chi connectivity index (χ1n) is 7.72. The van der Waals surface area contributed by atoms with Gasteiger partial charge in [0.15, 0.2) is 0 Å². The molecule has 2 saturated carbocycles. The second kappa shape index (κ2) is 5.62. The minimum atomic E-state index is -0.102. The second-order valence-corrected chi connectivity index (χ2v) is 6.54. The predicted octanol–water partition coefficient (Wildman–Crippen LogP) is 4.24. The first-order chi connectivity index (χ1) is 9.20. The molecule has 3 rings (SSSR count). The summed E-state index contributed by atoms with van der Waals surface area (Å²) in [6.07, 6.45) is 7.77. The average Bonchev–Trinajstić information content (AvgIpc) is 2.35. The van der Waals surface area contributed by atoms with Crippen LogP contribution in [-0.4, -0.2) is 12.1 Å². The van der Waals surface area contributed by atoms with Crippen LogP contribution in [0.2, 0.25) is 0 Å². The number of hydrogen-bond acceptors (Lipinski definition) is 1. The zero-order valence-corrected chi connectivity index (χ0v) is 11.7. The van der Waals surface area contributed by atoms with E-state index in [0.29, 0.717) is 12.0 Å². The van der Waals surface area contributed by atoms with Gasteiger partial charge in [-0.2, -0.15) is 0 Å². The van der Waals surface area contributed by atoms with E-state index in [0.717, 1.165) is 12.0 Å². The molecule has 0 heterocycles. The SMILES string of the molecule is CC1CCC(NC2CC(c3cccc(F)c3)C2)CC1. The summed E-state index contributed by atoms with van der Waals surface area (Å²) in [6, 6.07) is 8.51. The van der Waals surface area contributed by atoms with Crippen molar-refractivity contribution in [1.82, 2.24) is 5.32 Å². The molecule has 104 valence electrons. The first kappa shape index (κ1) is 13.1. The van der Waals surface area contributed by atoms with E-state index in [-0.39, 0.29) is 5.82 Å². The van der Waals surface area contributed by atoms with Crippen LogP contribution in [0, 0.1) is 11.7 Å². The van der Waals surface area contributed by atoms with Gasteiger partial charge in [-0.3, -0.25) is 0 Å². The van der Waals surface area contributed by atoms with E-state index >= 15 is 0 Å². The molecule has 1 aromatic rings. The maximum atomic E-state index is 13.2. The summed E-state index contributed by atoms with van der Waals surface area (Å²) in [5.74, 6) is 1.38. The van der Waals surface area contributed by atoms with E-state index in [1.165, 1.54) is 50.2 Å². The van der Waals surface area contributed by atoms with Gasteiger partial charge in [-0.1, -0.05) is 19.1 Å². The molecule has 1 aromatic carbocycles. The summed E-state index contributed by atoms with van der Waals surface area (Å²) in [5.41, 5.74) is 1.18. The Kier molecular flexibility index (Phi) is 3.88. The molecular weight excluding hydrogens is 237 g/mol. The lowest BCUT2D eigenvalue weighted by molar-refractivity contribution is 0.221. The number of rotatable bonds is 3. The maximum absolute atomic E-state index is 13.2. The molecule has 0 radical (unpaired) electrons. The number of hydrogen-bond donors (Lipinski definition) is 1. The van der Waals surface area contributed by atoms with Crippen molar-refractivity contribution in [1.29, 1.82) is 0 Å². The highest BCUT2D eigenvalue weighted by molar-refractivity contribution is 5.23. The van der Waals surface area contributed by atoms with Gasteiger partial charge in [-0.15, -0.1) is 0 Å². The molecule has 1 nitrogen and oxygen atoms in total. The number of nitrogens with one attached hydrogen (secondary N) is 1. The van der Waals surface area contributed by atoms with Crippen molar-refractivity contribution >= 4 is 0 Å². The van der Waals surface area contributed by atoms with Crippen LogP contribution >= 0.6 is 0 Å². The fourth-order valence-corrected chi connectivity index (χ4v) is 3.55. The highest BCUT2D eigenvalue weighted by Gasteiger charge is 2.32. The lowest BCUT2D eigenvalue weighted by Crippen LogP contribution is -2.46. The molecule has 2 fully saturated rings. The minimum absolute atomic E-state index is 0.102.